The molecule has 0 radical (unpaired) electrons. The topological polar surface area (TPSA) is 94.5 Å². The lowest BCUT2D eigenvalue weighted by molar-refractivity contribution is -0.383. The van der Waals surface area contributed by atoms with E-state index in [-0.39, 0.29) is 18.6 Å². The first-order valence-corrected chi connectivity index (χ1v) is 12.7. The molecule has 0 atom stereocenters. The number of hydrogen-bond acceptors (Lipinski definition) is 7. The summed E-state index contributed by atoms with van der Waals surface area (Å²) in [7, 11) is 1.87. The van der Waals surface area contributed by atoms with Gasteiger partial charge in [-0.3, -0.25) is 10.1 Å². The Kier molecular flexibility index (Phi) is 8.91. The quantitative estimate of drug-likeness (QED) is 0.103. The van der Waals surface area contributed by atoms with Gasteiger partial charge in [-0.1, -0.05) is 87.1 Å². The van der Waals surface area contributed by atoms with Crippen molar-refractivity contribution in [2.24, 2.45) is 0 Å². The molecule has 8 nitrogen and oxygen atoms in total. The van der Waals surface area contributed by atoms with Gasteiger partial charge in [-0.15, -0.1) is 0 Å². The zero-order chi connectivity index (χ0) is 27.2. The van der Waals surface area contributed by atoms with Crippen LogP contribution in [0.15, 0.2) is 102 Å². The maximum atomic E-state index is 11.3. The minimum Gasteiger partial charge on any atom is -0.492 e. The molecule has 0 aliphatic rings. The molecule has 0 bridgehead atoms. The Morgan fingerprint density at radius 2 is 1.45 bits per heavy atom. The van der Waals surface area contributed by atoms with Crippen LogP contribution in [0, 0.1) is 10.1 Å². The van der Waals surface area contributed by atoms with Crippen LogP contribution in [0.3, 0.4) is 0 Å². The molecule has 0 saturated carbocycles. The van der Waals surface area contributed by atoms with Crippen molar-refractivity contribution < 1.29 is 14.3 Å². The van der Waals surface area contributed by atoms with E-state index in [0.29, 0.717) is 24.4 Å². The van der Waals surface area contributed by atoms with E-state index in [9.17, 15) is 10.1 Å². The van der Waals surface area contributed by atoms with Crippen LogP contribution in [0.2, 0.25) is 0 Å². The highest BCUT2D eigenvalue weighted by Gasteiger charge is 2.21. The lowest BCUT2D eigenvalue weighted by Gasteiger charge is -2.19. The van der Waals surface area contributed by atoms with Gasteiger partial charge in [0.2, 0.25) is 5.52 Å². The first kappa shape index (κ1) is 28.0. The standard InChI is InChI=1S/C31H28N4O4.CH4/c1-3-26(22-10-6-4-7-11-22)29(23-12-8-5-9-13-23)24-14-16-25(17-15-24)38-21-20-34(2)27-18-19-28(35(36)37)31-30(27)32-39-33-31;/h4-19H,3,20-21H2,1-2H3;1H4/b29-26-;. The number of nitro benzene ring substituents is 1. The molecule has 1 aromatic heterocycles. The van der Waals surface area contributed by atoms with Gasteiger partial charge in [0.15, 0.2) is 5.52 Å². The number of nitrogens with zero attached hydrogens (tertiary/aromatic N) is 4. The van der Waals surface area contributed by atoms with Gasteiger partial charge in [0.25, 0.3) is 0 Å². The largest absolute Gasteiger partial charge is 0.492 e. The third-order valence-electron chi connectivity index (χ3n) is 6.66. The van der Waals surface area contributed by atoms with Crippen molar-refractivity contribution in [3.05, 3.63) is 124 Å². The van der Waals surface area contributed by atoms with Gasteiger partial charge < -0.3 is 9.64 Å². The van der Waals surface area contributed by atoms with Crippen LogP contribution in [0.4, 0.5) is 11.4 Å². The van der Waals surface area contributed by atoms with Crippen molar-refractivity contribution in [1.29, 1.82) is 0 Å². The minimum absolute atomic E-state index is 0. The molecule has 5 aromatic rings. The summed E-state index contributed by atoms with van der Waals surface area (Å²) in [4.78, 5) is 12.7. The van der Waals surface area contributed by atoms with E-state index >= 15 is 0 Å². The Hall–Kier alpha value is -4.98. The number of fused-ring (bicyclic) bond motifs is 1. The first-order chi connectivity index (χ1) is 19.1. The van der Waals surface area contributed by atoms with Crippen LogP contribution in [0.25, 0.3) is 22.2 Å². The van der Waals surface area contributed by atoms with E-state index in [1.165, 1.54) is 28.3 Å². The van der Waals surface area contributed by atoms with Crippen molar-refractivity contribution >= 4 is 33.6 Å². The second-order valence-corrected chi connectivity index (χ2v) is 9.06. The van der Waals surface area contributed by atoms with Gasteiger partial charge >= 0.3 is 5.69 Å². The average Bonchev–Trinajstić information content (AvgIpc) is 3.47. The fourth-order valence-corrected chi connectivity index (χ4v) is 4.72. The molecule has 1 heterocycles. The van der Waals surface area contributed by atoms with Gasteiger partial charge in [-0.2, -0.15) is 0 Å². The van der Waals surface area contributed by atoms with Gasteiger partial charge in [0.1, 0.15) is 12.4 Å². The number of ether oxygens (including phenoxy) is 1. The number of nitro groups is 1. The van der Waals surface area contributed by atoms with Crippen molar-refractivity contribution in [2.45, 2.75) is 20.8 Å². The van der Waals surface area contributed by atoms with Gasteiger partial charge in [-0.05, 0) is 62.8 Å². The van der Waals surface area contributed by atoms with Crippen molar-refractivity contribution in [3.8, 4) is 5.75 Å². The molecule has 4 aromatic carbocycles. The van der Waals surface area contributed by atoms with E-state index in [2.05, 4.69) is 77.9 Å². The van der Waals surface area contributed by atoms with Crippen LogP contribution in [-0.4, -0.2) is 35.4 Å². The molecule has 5 rings (SSSR count). The second-order valence-electron chi connectivity index (χ2n) is 9.06. The van der Waals surface area contributed by atoms with Crippen LogP contribution < -0.4 is 9.64 Å². The normalized spacial score (nSPS) is 11.4. The molecule has 40 heavy (non-hydrogen) atoms. The Labute approximate surface area is 233 Å². The van der Waals surface area contributed by atoms with Gasteiger partial charge in [-0.25, -0.2) is 4.63 Å². The minimum atomic E-state index is -0.495. The summed E-state index contributed by atoms with van der Waals surface area (Å²) in [6, 6.07) is 32.2. The molecule has 0 aliphatic heterocycles. The highest BCUT2D eigenvalue weighted by Crippen LogP contribution is 2.35. The molecule has 0 spiro atoms. The molecular formula is C32H32N4O4. The summed E-state index contributed by atoms with van der Waals surface area (Å²) in [5, 5.41) is 18.8. The van der Waals surface area contributed by atoms with Crippen LogP contribution in [0.1, 0.15) is 37.5 Å². The molecule has 204 valence electrons. The highest BCUT2D eigenvalue weighted by atomic mass is 16.6. The lowest BCUT2D eigenvalue weighted by Crippen LogP contribution is -2.24. The summed E-state index contributed by atoms with van der Waals surface area (Å²) in [6.45, 7) is 3.13. The number of allylic oxidation sites excluding steroid dienone is 1. The summed E-state index contributed by atoms with van der Waals surface area (Å²) in [6.07, 6.45) is 0.899. The molecule has 0 amide bonds. The summed E-state index contributed by atoms with van der Waals surface area (Å²) in [5.41, 5.74) is 7.02. The molecule has 8 heteroatoms. The molecule has 0 saturated heterocycles. The second kappa shape index (κ2) is 12.7. The van der Waals surface area contributed by atoms with Crippen LogP contribution in [0.5, 0.6) is 5.75 Å². The zero-order valence-electron chi connectivity index (χ0n) is 21.8. The van der Waals surface area contributed by atoms with Crippen molar-refractivity contribution in [2.75, 3.05) is 25.1 Å². The Morgan fingerprint density at radius 1 is 0.850 bits per heavy atom. The molecular weight excluding hydrogens is 504 g/mol. The van der Waals surface area contributed by atoms with E-state index < -0.39 is 4.92 Å². The van der Waals surface area contributed by atoms with E-state index in [4.69, 9.17) is 9.37 Å². The van der Waals surface area contributed by atoms with Gasteiger partial charge in [0.05, 0.1) is 17.2 Å². The number of non-ortho nitro benzene ring substituents is 1. The number of rotatable bonds is 10. The van der Waals surface area contributed by atoms with E-state index in [1.807, 2.05) is 36.2 Å². The Balaban J connectivity index is 0.00000370. The van der Waals surface area contributed by atoms with Crippen LogP contribution >= 0.6 is 0 Å². The first-order valence-electron chi connectivity index (χ1n) is 12.7. The molecule has 0 aliphatic carbocycles. The average molecular weight is 537 g/mol. The number of aromatic nitrogens is 2. The fraction of sp³-hybridized carbons (Fsp3) is 0.188. The molecule has 0 unspecified atom stereocenters. The Morgan fingerprint density at radius 3 is 2.08 bits per heavy atom. The smallest absolute Gasteiger partial charge is 0.300 e. The van der Waals surface area contributed by atoms with Gasteiger partial charge in [0, 0.05) is 13.1 Å². The maximum absolute atomic E-state index is 11.3. The third-order valence-corrected chi connectivity index (χ3v) is 6.66. The SMILES string of the molecule is C.CC/C(=C(\c1ccccc1)c1ccc(OCCN(C)c2ccc([N+](=O)[O-])c3nonc23)cc1)c1ccccc1. The molecule has 0 N–H and O–H groups in total. The van der Waals surface area contributed by atoms with E-state index in [1.54, 1.807) is 6.07 Å². The van der Waals surface area contributed by atoms with Crippen molar-refractivity contribution in [3.63, 3.8) is 0 Å². The zero-order valence-corrected chi connectivity index (χ0v) is 21.8. The number of benzene rings is 4. The highest BCUT2D eigenvalue weighted by molar-refractivity contribution is 5.98. The third kappa shape index (κ3) is 5.86. The Bertz CT molecular complexity index is 1600. The number of likely N-dealkylation sites (N-methyl/N-ethyl adjacent to an activating group) is 1. The fourth-order valence-electron chi connectivity index (χ4n) is 4.72. The molecule has 0 fully saturated rings. The monoisotopic (exact) mass is 536 g/mol. The predicted octanol–water partition coefficient (Wildman–Crippen LogP) is 7.65. The van der Waals surface area contributed by atoms with Crippen LogP contribution in [-0.2, 0) is 0 Å². The maximum Gasteiger partial charge on any atom is 0.300 e. The summed E-state index contributed by atoms with van der Waals surface area (Å²) in [5.74, 6) is 0.759. The number of hydrogen-bond donors (Lipinski definition) is 0. The van der Waals surface area contributed by atoms with E-state index in [0.717, 1.165) is 17.7 Å². The number of anilines is 1. The lowest BCUT2D eigenvalue weighted by atomic mass is 9.88. The summed E-state index contributed by atoms with van der Waals surface area (Å²) >= 11 is 0. The predicted molar refractivity (Wildman–Crippen MR) is 159 cm³/mol. The summed E-state index contributed by atoms with van der Waals surface area (Å²) < 4.78 is 10.8. The van der Waals surface area contributed by atoms with Crippen molar-refractivity contribution in [1.82, 2.24) is 10.3 Å².